The summed E-state index contributed by atoms with van der Waals surface area (Å²) < 4.78 is 5.72. The number of nitrogens with zero attached hydrogens (tertiary/aromatic N) is 1. The summed E-state index contributed by atoms with van der Waals surface area (Å²) in [4.78, 5) is 4.33. The van der Waals surface area contributed by atoms with Crippen LogP contribution in [0.5, 0.6) is 0 Å². The van der Waals surface area contributed by atoms with E-state index in [1.54, 1.807) is 6.07 Å². The van der Waals surface area contributed by atoms with Crippen LogP contribution in [0, 0.1) is 0 Å². The van der Waals surface area contributed by atoms with Gasteiger partial charge in [-0.25, -0.2) is 0 Å². The first kappa shape index (κ1) is 23.0. The smallest absolute Gasteiger partial charge is 0.0696 e. The minimum atomic E-state index is 0.458. The van der Waals surface area contributed by atoms with Gasteiger partial charge in [0, 0.05) is 31.6 Å². The number of benzene rings is 1. The van der Waals surface area contributed by atoms with Crippen LogP contribution in [-0.2, 0) is 17.7 Å². The Bertz CT molecular complexity index is 683. The van der Waals surface area contributed by atoms with Crippen molar-refractivity contribution < 1.29 is 4.74 Å². The molecule has 3 N–H and O–H groups in total. The molecule has 0 fully saturated rings. The molecule has 6 heteroatoms. The van der Waals surface area contributed by atoms with Crippen LogP contribution in [0.15, 0.2) is 36.5 Å². The Hall–Kier alpha value is -1.33. The zero-order valence-electron chi connectivity index (χ0n) is 16.4. The number of unbranched alkanes of at least 4 members (excludes halogenated alkanes) is 4. The van der Waals surface area contributed by atoms with E-state index in [4.69, 9.17) is 33.7 Å². The third-order valence-electron chi connectivity index (χ3n) is 4.61. The molecular weight excluding hydrogens is 393 g/mol. The molecule has 0 amide bonds. The highest BCUT2D eigenvalue weighted by molar-refractivity contribution is 6.39. The number of nitrogens with two attached hydrogens (primary N) is 1. The monoisotopic (exact) mass is 423 g/mol. The predicted molar refractivity (Wildman–Crippen MR) is 119 cm³/mol. The molecule has 154 valence electrons. The molecule has 2 rings (SSSR count). The lowest BCUT2D eigenvalue weighted by Gasteiger charge is -2.09. The van der Waals surface area contributed by atoms with E-state index < -0.39 is 0 Å². The number of hydrogen-bond donors (Lipinski definition) is 2. The van der Waals surface area contributed by atoms with E-state index in [0.717, 1.165) is 63.1 Å². The zero-order chi connectivity index (χ0) is 20.0. The van der Waals surface area contributed by atoms with Crippen molar-refractivity contribution in [3.05, 3.63) is 57.8 Å². The average molecular weight is 424 g/mol. The second-order valence-electron chi connectivity index (χ2n) is 6.92. The summed E-state index contributed by atoms with van der Waals surface area (Å²) in [7, 11) is 0. The SMILES string of the molecule is Nc1c(Cl)ccc(CNCCCCCCOCCCCc2ccccn2)c1Cl. The van der Waals surface area contributed by atoms with E-state index >= 15 is 0 Å². The van der Waals surface area contributed by atoms with Crippen LogP contribution < -0.4 is 11.1 Å². The maximum atomic E-state index is 6.21. The molecule has 0 spiro atoms. The van der Waals surface area contributed by atoms with Gasteiger partial charge >= 0.3 is 0 Å². The predicted octanol–water partition coefficient (Wildman–Crippen LogP) is 5.66. The molecule has 0 aliphatic carbocycles. The van der Waals surface area contributed by atoms with Gasteiger partial charge in [-0.15, -0.1) is 0 Å². The number of ether oxygens (including phenoxy) is 1. The van der Waals surface area contributed by atoms with Crippen LogP contribution >= 0.6 is 23.2 Å². The molecule has 4 nitrogen and oxygen atoms in total. The minimum Gasteiger partial charge on any atom is -0.396 e. The van der Waals surface area contributed by atoms with Crippen molar-refractivity contribution in [3.63, 3.8) is 0 Å². The Kier molecular flexibility index (Phi) is 11.3. The van der Waals surface area contributed by atoms with Gasteiger partial charge in [0.25, 0.3) is 0 Å². The number of rotatable bonds is 14. The lowest BCUT2D eigenvalue weighted by molar-refractivity contribution is 0.126. The van der Waals surface area contributed by atoms with Gasteiger partial charge < -0.3 is 15.8 Å². The van der Waals surface area contributed by atoms with Crippen LogP contribution in [0.25, 0.3) is 0 Å². The van der Waals surface area contributed by atoms with Gasteiger partial charge in [0.1, 0.15) is 0 Å². The molecule has 1 aromatic carbocycles. The van der Waals surface area contributed by atoms with Gasteiger partial charge in [0.2, 0.25) is 0 Å². The number of nitrogens with one attached hydrogen (secondary N) is 1. The van der Waals surface area contributed by atoms with Gasteiger partial charge in [-0.3, -0.25) is 4.98 Å². The summed E-state index contributed by atoms with van der Waals surface area (Å²) >= 11 is 12.2. The molecule has 2 aromatic rings. The highest BCUT2D eigenvalue weighted by Crippen LogP contribution is 2.30. The van der Waals surface area contributed by atoms with Crippen LogP contribution in [-0.4, -0.2) is 24.7 Å². The van der Waals surface area contributed by atoms with Crippen molar-refractivity contribution in [3.8, 4) is 0 Å². The van der Waals surface area contributed by atoms with Gasteiger partial charge in [-0.2, -0.15) is 0 Å². The summed E-state index contributed by atoms with van der Waals surface area (Å²) in [5.74, 6) is 0. The number of anilines is 1. The van der Waals surface area contributed by atoms with Crippen molar-refractivity contribution in [2.75, 3.05) is 25.5 Å². The molecule has 0 saturated heterocycles. The quantitative estimate of drug-likeness (QED) is 0.304. The van der Waals surface area contributed by atoms with Gasteiger partial charge in [-0.1, -0.05) is 48.2 Å². The van der Waals surface area contributed by atoms with Crippen molar-refractivity contribution in [2.24, 2.45) is 0 Å². The van der Waals surface area contributed by atoms with Crippen LogP contribution in [0.1, 0.15) is 49.8 Å². The molecule has 28 heavy (non-hydrogen) atoms. The van der Waals surface area contributed by atoms with Crippen LogP contribution in [0.3, 0.4) is 0 Å². The van der Waals surface area contributed by atoms with Crippen molar-refractivity contribution in [1.82, 2.24) is 10.3 Å². The molecular formula is C22H31Cl2N3O. The largest absolute Gasteiger partial charge is 0.396 e. The number of hydrogen-bond acceptors (Lipinski definition) is 4. The Labute approximate surface area is 178 Å². The van der Waals surface area contributed by atoms with E-state index in [2.05, 4.69) is 16.4 Å². The Morgan fingerprint density at radius 1 is 0.929 bits per heavy atom. The van der Waals surface area contributed by atoms with E-state index in [1.165, 1.54) is 12.8 Å². The molecule has 0 aliphatic rings. The summed E-state index contributed by atoms with van der Waals surface area (Å²) in [6, 6.07) is 9.78. The van der Waals surface area contributed by atoms with Crippen LogP contribution in [0.4, 0.5) is 5.69 Å². The molecule has 1 aromatic heterocycles. The van der Waals surface area contributed by atoms with E-state index in [1.807, 2.05) is 24.4 Å². The normalized spacial score (nSPS) is 11.1. The fourth-order valence-electron chi connectivity index (χ4n) is 2.94. The van der Waals surface area contributed by atoms with E-state index in [9.17, 15) is 0 Å². The zero-order valence-corrected chi connectivity index (χ0v) is 17.9. The fourth-order valence-corrected chi connectivity index (χ4v) is 3.38. The van der Waals surface area contributed by atoms with Crippen molar-refractivity contribution in [1.29, 1.82) is 0 Å². The summed E-state index contributed by atoms with van der Waals surface area (Å²) in [5.41, 5.74) is 8.45. The summed E-state index contributed by atoms with van der Waals surface area (Å²) in [6.45, 7) is 3.38. The molecule has 1 heterocycles. The molecule has 0 unspecified atom stereocenters. The topological polar surface area (TPSA) is 60.2 Å². The highest BCUT2D eigenvalue weighted by atomic mass is 35.5. The second-order valence-corrected chi connectivity index (χ2v) is 7.70. The van der Waals surface area contributed by atoms with Gasteiger partial charge in [0.05, 0.1) is 15.7 Å². The molecule has 0 atom stereocenters. The molecule has 0 radical (unpaired) electrons. The maximum absolute atomic E-state index is 6.21. The lowest BCUT2D eigenvalue weighted by atomic mass is 10.1. The summed E-state index contributed by atoms with van der Waals surface area (Å²) in [6.07, 6.45) is 9.78. The maximum Gasteiger partial charge on any atom is 0.0696 e. The average Bonchev–Trinajstić information content (AvgIpc) is 2.72. The van der Waals surface area contributed by atoms with Crippen molar-refractivity contribution in [2.45, 2.75) is 51.5 Å². The minimum absolute atomic E-state index is 0.458. The molecule has 0 bridgehead atoms. The van der Waals surface area contributed by atoms with E-state index in [0.29, 0.717) is 22.3 Å². The second kappa shape index (κ2) is 13.8. The Morgan fingerprint density at radius 2 is 1.71 bits per heavy atom. The van der Waals surface area contributed by atoms with Gasteiger partial charge in [0.15, 0.2) is 0 Å². The third kappa shape index (κ3) is 8.78. The van der Waals surface area contributed by atoms with Crippen LogP contribution in [0.2, 0.25) is 10.0 Å². The molecule has 0 aliphatic heterocycles. The number of aryl methyl sites for hydroxylation is 1. The number of aromatic nitrogens is 1. The third-order valence-corrected chi connectivity index (χ3v) is 5.39. The van der Waals surface area contributed by atoms with Crippen molar-refractivity contribution >= 4 is 28.9 Å². The summed E-state index contributed by atoms with van der Waals surface area (Å²) in [5, 5.41) is 4.47. The number of halogens is 2. The highest BCUT2D eigenvalue weighted by Gasteiger charge is 2.07. The first-order chi connectivity index (χ1) is 13.7. The molecule has 0 saturated carbocycles. The Morgan fingerprint density at radius 3 is 2.50 bits per heavy atom. The first-order valence-electron chi connectivity index (χ1n) is 10.1. The fraction of sp³-hybridized carbons (Fsp3) is 0.500. The van der Waals surface area contributed by atoms with Gasteiger partial charge in [-0.05, 0) is 62.4 Å². The number of nitrogen functional groups attached to an aromatic ring is 1. The lowest BCUT2D eigenvalue weighted by Crippen LogP contribution is -2.15. The first-order valence-corrected chi connectivity index (χ1v) is 10.8. The number of pyridine rings is 1. The standard InChI is InChI=1S/C22H31Cl2N3O/c23-20-12-11-18(21(24)22(20)25)17-26-13-5-1-2-7-15-28-16-8-4-10-19-9-3-6-14-27-19/h3,6,9,11-12,14,26H,1-2,4-5,7-8,10,13,15-17,25H2. The Balaban J connectivity index is 1.38. The van der Waals surface area contributed by atoms with E-state index in [-0.39, 0.29) is 0 Å².